The van der Waals surface area contributed by atoms with Crippen molar-refractivity contribution in [3.05, 3.63) is 58.4 Å². The minimum Gasteiger partial charge on any atom is -0.497 e. The van der Waals surface area contributed by atoms with Crippen LogP contribution in [0.2, 0.25) is 5.02 Å². The van der Waals surface area contributed by atoms with Crippen LogP contribution in [0.3, 0.4) is 0 Å². The van der Waals surface area contributed by atoms with Crippen LogP contribution in [0.5, 0.6) is 11.5 Å². The van der Waals surface area contributed by atoms with E-state index in [1.165, 1.54) is 18.2 Å². The van der Waals surface area contributed by atoms with Crippen LogP contribution in [0, 0.1) is 5.82 Å². The Morgan fingerprint density at radius 3 is 2.72 bits per heavy atom. The zero-order valence-corrected chi connectivity index (χ0v) is 16.6. The number of carbonyl (C=O) groups excluding carboxylic acids is 2. The summed E-state index contributed by atoms with van der Waals surface area (Å²) in [6.07, 6.45) is 0.976. The Bertz CT molecular complexity index is 953. The first-order valence-corrected chi connectivity index (χ1v) is 9.69. The van der Waals surface area contributed by atoms with E-state index in [2.05, 4.69) is 5.32 Å². The van der Waals surface area contributed by atoms with E-state index < -0.39 is 17.3 Å². The molecule has 152 valence electrons. The summed E-state index contributed by atoms with van der Waals surface area (Å²) in [5.74, 6) is -0.243. The number of methoxy groups -OCH3 is 1. The van der Waals surface area contributed by atoms with Gasteiger partial charge >= 0.3 is 0 Å². The normalized spacial score (nSPS) is 17.8. The summed E-state index contributed by atoms with van der Waals surface area (Å²) in [4.78, 5) is 26.8. The van der Waals surface area contributed by atoms with Crippen LogP contribution >= 0.6 is 11.6 Å². The molecule has 2 aromatic rings. The molecule has 1 saturated heterocycles. The first-order valence-electron chi connectivity index (χ1n) is 9.31. The van der Waals surface area contributed by atoms with Crippen LogP contribution in [0.25, 0.3) is 0 Å². The van der Waals surface area contributed by atoms with Gasteiger partial charge in [0, 0.05) is 32.0 Å². The van der Waals surface area contributed by atoms with Gasteiger partial charge in [-0.25, -0.2) is 4.39 Å². The Balaban J connectivity index is 1.54. The predicted molar refractivity (Wildman–Crippen MR) is 105 cm³/mol. The number of hydrogen-bond acceptors (Lipinski definition) is 4. The van der Waals surface area contributed by atoms with Crippen LogP contribution in [0.1, 0.15) is 33.6 Å². The molecular weight excluding hydrogens is 399 g/mol. The van der Waals surface area contributed by atoms with E-state index in [4.69, 9.17) is 21.1 Å². The number of fused-ring (bicyclic) bond motifs is 1. The van der Waals surface area contributed by atoms with Crippen molar-refractivity contribution in [1.82, 2.24) is 10.2 Å². The van der Waals surface area contributed by atoms with E-state index in [0.29, 0.717) is 49.5 Å². The molecule has 0 unspecified atom stereocenters. The Kier molecular flexibility index (Phi) is 5.08. The SMILES string of the molecule is COc1ccc2c(c1)OC1(CCN(C(=O)c3c(F)cccc3Cl)CC1)CNC2=O. The third kappa shape index (κ3) is 3.62. The molecule has 2 aromatic carbocycles. The number of amides is 2. The van der Waals surface area contributed by atoms with E-state index in [1.807, 2.05) is 0 Å². The number of piperidine rings is 1. The first-order chi connectivity index (χ1) is 13.9. The van der Waals surface area contributed by atoms with Crippen molar-refractivity contribution in [3.8, 4) is 11.5 Å². The van der Waals surface area contributed by atoms with E-state index in [1.54, 1.807) is 30.2 Å². The van der Waals surface area contributed by atoms with Gasteiger partial charge in [-0.1, -0.05) is 17.7 Å². The number of halogens is 2. The Morgan fingerprint density at radius 2 is 2.03 bits per heavy atom. The molecule has 8 heteroatoms. The van der Waals surface area contributed by atoms with Crippen molar-refractivity contribution in [2.75, 3.05) is 26.7 Å². The fourth-order valence-electron chi connectivity index (χ4n) is 3.76. The average Bonchev–Trinajstić information content (AvgIpc) is 2.84. The molecule has 1 spiro atoms. The average molecular weight is 419 g/mol. The number of ether oxygens (including phenoxy) is 2. The molecule has 0 aliphatic carbocycles. The summed E-state index contributed by atoms with van der Waals surface area (Å²) in [6, 6.07) is 9.25. The molecule has 0 bridgehead atoms. The maximum Gasteiger partial charge on any atom is 0.258 e. The Labute approximate surface area is 172 Å². The third-order valence-corrected chi connectivity index (χ3v) is 5.78. The molecule has 2 amide bonds. The predicted octanol–water partition coefficient (Wildman–Crippen LogP) is 3.28. The standard InChI is InChI=1S/C21H20ClFN2O4/c1-28-13-5-6-14-17(11-13)29-21(12-24-19(14)26)7-9-25(10-8-21)20(27)18-15(22)3-2-4-16(18)23/h2-6,11H,7-10,12H2,1H3,(H,24,26). The van der Waals surface area contributed by atoms with Crippen LogP contribution in [-0.2, 0) is 0 Å². The first kappa shape index (κ1) is 19.5. The van der Waals surface area contributed by atoms with E-state index in [-0.39, 0.29) is 16.5 Å². The second-order valence-electron chi connectivity index (χ2n) is 7.22. The largest absolute Gasteiger partial charge is 0.497 e. The highest BCUT2D eigenvalue weighted by molar-refractivity contribution is 6.33. The molecule has 0 aromatic heterocycles. The number of rotatable bonds is 2. The van der Waals surface area contributed by atoms with Crippen LogP contribution in [0.4, 0.5) is 4.39 Å². The maximum absolute atomic E-state index is 14.1. The van der Waals surface area contributed by atoms with Gasteiger partial charge in [-0.3, -0.25) is 9.59 Å². The number of nitrogens with one attached hydrogen (secondary N) is 1. The Morgan fingerprint density at radius 1 is 1.28 bits per heavy atom. The van der Waals surface area contributed by atoms with Gasteiger partial charge in [0.15, 0.2) is 0 Å². The zero-order valence-electron chi connectivity index (χ0n) is 15.8. The third-order valence-electron chi connectivity index (χ3n) is 5.47. The van der Waals surface area contributed by atoms with E-state index >= 15 is 0 Å². The van der Waals surface area contributed by atoms with Gasteiger partial charge in [0.05, 0.1) is 29.8 Å². The van der Waals surface area contributed by atoms with Gasteiger partial charge in [0.25, 0.3) is 11.8 Å². The topological polar surface area (TPSA) is 67.9 Å². The molecule has 0 saturated carbocycles. The molecule has 1 N–H and O–H groups in total. The second-order valence-corrected chi connectivity index (χ2v) is 7.63. The fraction of sp³-hybridized carbons (Fsp3) is 0.333. The minimum atomic E-state index is -0.650. The number of likely N-dealkylation sites (tertiary alicyclic amines) is 1. The smallest absolute Gasteiger partial charge is 0.258 e. The van der Waals surface area contributed by atoms with Gasteiger partial charge in [-0.05, 0) is 24.3 Å². The molecule has 2 aliphatic heterocycles. The monoisotopic (exact) mass is 418 g/mol. The second kappa shape index (κ2) is 7.55. The van der Waals surface area contributed by atoms with Gasteiger partial charge in [-0.2, -0.15) is 0 Å². The summed E-state index contributed by atoms with van der Waals surface area (Å²) in [6.45, 7) is 1.04. The van der Waals surface area contributed by atoms with Crippen molar-refractivity contribution in [1.29, 1.82) is 0 Å². The zero-order chi connectivity index (χ0) is 20.6. The van der Waals surface area contributed by atoms with Crippen molar-refractivity contribution >= 4 is 23.4 Å². The summed E-state index contributed by atoms with van der Waals surface area (Å²) >= 11 is 6.04. The summed E-state index contributed by atoms with van der Waals surface area (Å²) in [5, 5.41) is 3.00. The molecular formula is C21H20ClFN2O4. The highest BCUT2D eigenvalue weighted by Crippen LogP contribution is 2.35. The lowest BCUT2D eigenvalue weighted by Gasteiger charge is -2.41. The molecule has 0 atom stereocenters. The van der Waals surface area contributed by atoms with Gasteiger partial charge in [-0.15, -0.1) is 0 Å². The van der Waals surface area contributed by atoms with Crippen molar-refractivity contribution < 1.29 is 23.5 Å². The lowest BCUT2D eigenvalue weighted by Crippen LogP contribution is -2.54. The molecule has 0 radical (unpaired) electrons. The minimum absolute atomic E-state index is 0.0919. The number of carbonyl (C=O) groups is 2. The lowest BCUT2D eigenvalue weighted by atomic mass is 9.90. The molecule has 29 heavy (non-hydrogen) atoms. The summed E-state index contributed by atoms with van der Waals surface area (Å²) in [5.41, 5.74) is -0.321. The Hall–Kier alpha value is -2.80. The lowest BCUT2D eigenvalue weighted by molar-refractivity contribution is 0.00749. The van der Waals surface area contributed by atoms with Gasteiger partial charge in [0.2, 0.25) is 0 Å². The molecule has 2 aliphatic rings. The summed E-state index contributed by atoms with van der Waals surface area (Å²) < 4.78 is 25.6. The number of benzene rings is 2. The van der Waals surface area contributed by atoms with E-state index in [9.17, 15) is 14.0 Å². The van der Waals surface area contributed by atoms with Crippen LogP contribution < -0.4 is 14.8 Å². The molecule has 1 fully saturated rings. The summed E-state index contributed by atoms with van der Waals surface area (Å²) in [7, 11) is 1.55. The van der Waals surface area contributed by atoms with Gasteiger partial charge in [0.1, 0.15) is 22.9 Å². The van der Waals surface area contributed by atoms with Crippen LogP contribution in [-0.4, -0.2) is 49.1 Å². The fourth-order valence-corrected chi connectivity index (χ4v) is 4.01. The maximum atomic E-state index is 14.1. The molecule has 6 nitrogen and oxygen atoms in total. The number of hydrogen-bond donors (Lipinski definition) is 1. The van der Waals surface area contributed by atoms with Crippen molar-refractivity contribution in [2.45, 2.75) is 18.4 Å². The highest BCUT2D eigenvalue weighted by Gasteiger charge is 2.41. The van der Waals surface area contributed by atoms with Crippen molar-refractivity contribution in [3.63, 3.8) is 0 Å². The highest BCUT2D eigenvalue weighted by atomic mass is 35.5. The van der Waals surface area contributed by atoms with Gasteiger partial charge < -0.3 is 19.7 Å². The van der Waals surface area contributed by atoms with E-state index in [0.717, 1.165) is 0 Å². The number of nitrogens with zero attached hydrogens (tertiary/aromatic N) is 1. The molecule has 2 heterocycles. The quantitative estimate of drug-likeness (QED) is 0.812. The van der Waals surface area contributed by atoms with Crippen LogP contribution in [0.15, 0.2) is 36.4 Å². The molecule has 4 rings (SSSR count). The van der Waals surface area contributed by atoms with Crippen molar-refractivity contribution in [2.24, 2.45) is 0 Å².